The minimum absolute atomic E-state index is 0.0342. The number of H-pyrrole nitrogens is 1. The number of hydrogen-bond donors (Lipinski definition) is 1. The number of carbonyl (C=O) groups is 1. The topological polar surface area (TPSA) is 114 Å². The molecule has 2 aromatic rings. The summed E-state index contributed by atoms with van der Waals surface area (Å²) in [6.07, 6.45) is 0.497. The predicted molar refractivity (Wildman–Crippen MR) is 93.2 cm³/mol. The van der Waals surface area contributed by atoms with Crippen LogP contribution in [0.25, 0.3) is 0 Å². The van der Waals surface area contributed by atoms with Gasteiger partial charge in [0.25, 0.3) is 5.82 Å². The van der Waals surface area contributed by atoms with E-state index in [0.717, 1.165) is 17.3 Å². The molecule has 126 valence electrons. The number of rotatable bonds is 6. The lowest BCUT2D eigenvalue weighted by Crippen LogP contribution is -2.20. The number of ether oxygens (including phenoxy) is 1. The number of esters is 1. The molecular weight excluding hydrogens is 336 g/mol. The highest BCUT2D eigenvalue weighted by Crippen LogP contribution is 2.26. The van der Waals surface area contributed by atoms with Crippen molar-refractivity contribution >= 4 is 23.5 Å². The molecule has 0 atom stereocenters. The average Bonchev–Trinajstić information content (AvgIpc) is 2.64. The third-order valence-corrected chi connectivity index (χ3v) is 4.48. The van der Waals surface area contributed by atoms with Crippen LogP contribution in [0.5, 0.6) is 0 Å². The molecule has 1 heterocycles. The SMILES string of the molecule is CCc1c(C#N)c(N)[nH+]c(SCC(=O)OCc2ccccc2)c1C#N. The smallest absolute Gasteiger partial charge is 0.316 e. The fourth-order valence-electron chi connectivity index (χ4n) is 2.29. The number of hydrogen-bond acceptors (Lipinski definition) is 6. The number of nitrogens with two attached hydrogens (primary N) is 1. The Bertz CT molecular complexity index is 854. The molecule has 1 aromatic carbocycles. The van der Waals surface area contributed by atoms with E-state index in [1.54, 1.807) is 0 Å². The van der Waals surface area contributed by atoms with Crippen LogP contribution in [0.15, 0.2) is 35.4 Å². The van der Waals surface area contributed by atoms with Gasteiger partial charge >= 0.3 is 5.97 Å². The van der Waals surface area contributed by atoms with Crippen LogP contribution in [0.3, 0.4) is 0 Å². The first-order valence-electron chi connectivity index (χ1n) is 7.60. The minimum Gasteiger partial charge on any atom is -0.460 e. The summed E-state index contributed by atoms with van der Waals surface area (Å²) in [5.74, 6) is -0.169. The van der Waals surface area contributed by atoms with Crippen molar-refractivity contribution in [2.45, 2.75) is 25.0 Å². The van der Waals surface area contributed by atoms with E-state index in [4.69, 9.17) is 10.5 Å². The first-order chi connectivity index (χ1) is 12.1. The van der Waals surface area contributed by atoms with Crippen LogP contribution in [0.1, 0.15) is 29.2 Å². The van der Waals surface area contributed by atoms with Crippen LogP contribution >= 0.6 is 11.8 Å². The van der Waals surface area contributed by atoms with E-state index in [1.165, 1.54) is 0 Å². The van der Waals surface area contributed by atoms with Gasteiger partial charge in [0.1, 0.15) is 29.9 Å². The Morgan fingerprint density at radius 2 is 1.92 bits per heavy atom. The van der Waals surface area contributed by atoms with Crippen LogP contribution in [0, 0.1) is 22.7 Å². The molecule has 0 saturated heterocycles. The number of pyridine rings is 1. The molecule has 7 heteroatoms. The average molecular weight is 353 g/mol. The molecule has 1 aromatic heterocycles. The molecule has 0 bridgehead atoms. The Morgan fingerprint density at radius 3 is 2.52 bits per heavy atom. The number of thioether (sulfide) groups is 1. The second kappa shape index (κ2) is 8.72. The summed E-state index contributed by atoms with van der Waals surface area (Å²) in [5, 5.41) is 19.1. The molecule has 25 heavy (non-hydrogen) atoms. The Hall–Kier alpha value is -3.03. The summed E-state index contributed by atoms with van der Waals surface area (Å²) in [7, 11) is 0. The predicted octanol–water partition coefficient (Wildman–Crippen LogP) is 2.22. The van der Waals surface area contributed by atoms with Gasteiger partial charge in [-0.2, -0.15) is 10.5 Å². The molecule has 0 fully saturated rings. The lowest BCUT2D eigenvalue weighted by atomic mass is 10.0. The number of aromatic amines is 1. The van der Waals surface area contributed by atoms with Gasteiger partial charge in [0.05, 0.1) is 5.75 Å². The van der Waals surface area contributed by atoms with E-state index in [-0.39, 0.29) is 23.7 Å². The van der Waals surface area contributed by atoms with Gasteiger partial charge < -0.3 is 4.74 Å². The Balaban J connectivity index is 2.08. The van der Waals surface area contributed by atoms with Gasteiger partial charge in [-0.3, -0.25) is 10.5 Å². The van der Waals surface area contributed by atoms with Crippen molar-refractivity contribution in [2.24, 2.45) is 0 Å². The van der Waals surface area contributed by atoms with Gasteiger partial charge in [-0.1, -0.05) is 49.0 Å². The van der Waals surface area contributed by atoms with Crippen molar-refractivity contribution < 1.29 is 14.5 Å². The monoisotopic (exact) mass is 353 g/mol. The number of nitrogens with one attached hydrogen (secondary N) is 1. The summed E-state index contributed by atoms with van der Waals surface area (Å²) in [4.78, 5) is 14.8. The third kappa shape index (κ3) is 4.50. The summed E-state index contributed by atoms with van der Waals surface area (Å²) in [5.41, 5.74) is 7.96. The van der Waals surface area contributed by atoms with Gasteiger partial charge in [0.15, 0.2) is 5.03 Å². The van der Waals surface area contributed by atoms with E-state index in [9.17, 15) is 15.3 Å². The molecule has 6 nitrogen and oxygen atoms in total. The van der Waals surface area contributed by atoms with Gasteiger partial charge in [0.2, 0.25) is 0 Å². The highest BCUT2D eigenvalue weighted by Gasteiger charge is 2.22. The lowest BCUT2D eigenvalue weighted by Gasteiger charge is -2.08. The Labute approximate surface area is 150 Å². The zero-order chi connectivity index (χ0) is 18.2. The van der Waals surface area contributed by atoms with E-state index >= 15 is 0 Å². The quantitative estimate of drug-likeness (QED) is 0.629. The summed E-state index contributed by atoms with van der Waals surface area (Å²) < 4.78 is 5.21. The molecule has 0 aliphatic heterocycles. The van der Waals surface area contributed by atoms with Crippen LogP contribution in [-0.2, 0) is 22.6 Å². The van der Waals surface area contributed by atoms with Gasteiger partial charge in [-0.25, -0.2) is 4.98 Å². The lowest BCUT2D eigenvalue weighted by molar-refractivity contribution is -0.410. The largest absolute Gasteiger partial charge is 0.460 e. The normalized spacial score (nSPS) is 9.88. The number of nitrogens with zero attached hydrogens (tertiary/aromatic N) is 2. The summed E-state index contributed by atoms with van der Waals surface area (Å²) >= 11 is 1.14. The van der Waals surface area contributed by atoms with E-state index in [0.29, 0.717) is 22.6 Å². The third-order valence-electron chi connectivity index (χ3n) is 3.50. The van der Waals surface area contributed by atoms with Crippen molar-refractivity contribution in [1.82, 2.24) is 0 Å². The van der Waals surface area contributed by atoms with E-state index < -0.39 is 5.97 Å². The van der Waals surface area contributed by atoms with Gasteiger partial charge in [-0.05, 0) is 12.0 Å². The molecule has 0 unspecified atom stereocenters. The summed E-state index contributed by atoms with van der Waals surface area (Å²) in [6, 6.07) is 13.5. The van der Waals surface area contributed by atoms with Crippen LogP contribution in [0.2, 0.25) is 0 Å². The van der Waals surface area contributed by atoms with Gasteiger partial charge in [0, 0.05) is 5.56 Å². The number of anilines is 1. The number of nitriles is 2. The first-order valence-corrected chi connectivity index (χ1v) is 8.59. The van der Waals surface area contributed by atoms with Crippen LogP contribution < -0.4 is 10.7 Å². The summed E-state index contributed by atoms with van der Waals surface area (Å²) in [6.45, 7) is 2.05. The molecule has 0 aliphatic carbocycles. The second-order valence-electron chi connectivity index (χ2n) is 5.11. The standard InChI is InChI=1S/C18H16N4O2S/c1-2-13-14(8-19)17(21)22-18(15(13)9-20)25-11-16(23)24-10-12-6-4-3-5-7-12/h3-7H,2,10-11H2,1H3,(H2,21,22)/p+1. The molecule has 0 radical (unpaired) electrons. The highest BCUT2D eigenvalue weighted by atomic mass is 32.2. The van der Waals surface area contributed by atoms with Crippen molar-refractivity contribution in [3.63, 3.8) is 0 Å². The molecular formula is C18H17N4O2S+. The number of benzene rings is 1. The first kappa shape index (κ1) is 18.3. The highest BCUT2D eigenvalue weighted by molar-refractivity contribution is 7.99. The number of nitrogen functional groups attached to an aromatic ring is 1. The zero-order valence-corrected chi connectivity index (χ0v) is 14.5. The minimum atomic E-state index is -0.396. The Kier molecular flexibility index (Phi) is 6.39. The van der Waals surface area contributed by atoms with Crippen LogP contribution in [0.4, 0.5) is 5.82 Å². The van der Waals surface area contributed by atoms with Crippen molar-refractivity contribution in [2.75, 3.05) is 11.5 Å². The molecule has 2 rings (SSSR count). The Morgan fingerprint density at radius 1 is 1.24 bits per heavy atom. The van der Waals surface area contributed by atoms with Gasteiger partial charge in [-0.15, -0.1) is 0 Å². The zero-order valence-electron chi connectivity index (χ0n) is 13.7. The van der Waals surface area contributed by atoms with Crippen molar-refractivity contribution in [3.05, 3.63) is 52.6 Å². The van der Waals surface area contributed by atoms with Crippen molar-refractivity contribution in [3.8, 4) is 12.1 Å². The maximum Gasteiger partial charge on any atom is 0.316 e. The maximum absolute atomic E-state index is 11.9. The molecule has 0 aliphatic rings. The van der Waals surface area contributed by atoms with E-state index in [1.807, 2.05) is 43.3 Å². The molecule has 0 spiro atoms. The van der Waals surface area contributed by atoms with E-state index in [2.05, 4.69) is 11.1 Å². The number of carbonyl (C=O) groups excluding carboxylic acids is 1. The van der Waals surface area contributed by atoms with Crippen molar-refractivity contribution in [1.29, 1.82) is 10.5 Å². The molecule has 3 N–H and O–H groups in total. The fourth-order valence-corrected chi connectivity index (χ4v) is 3.13. The van der Waals surface area contributed by atoms with Crippen LogP contribution in [-0.4, -0.2) is 11.7 Å². The molecule has 0 amide bonds. The maximum atomic E-state index is 11.9. The fraction of sp³-hybridized carbons (Fsp3) is 0.222. The molecule has 0 saturated carbocycles. The second-order valence-corrected chi connectivity index (χ2v) is 6.09. The number of aromatic nitrogens is 1.